The van der Waals surface area contributed by atoms with E-state index in [-0.39, 0.29) is 5.54 Å². The van der Waals surface area contributed by atoms with Crippen LogP contribution < -0.4 is 0 Å². The average molecular weight is 289 g/mol. The number of amides is 1. The highest BCUT2D eigenvalue weighted by molar-refractivity contribution is 5.79. The van der Waals surface area contributed by atoms with Gasteiger partial charge in [-0.15, -0.1) is 0 Å². The second-order valence-electron chi connectivity index (χ2n) is 6.97. The molecule has 116 valence electrons. The van der Waals surface area contributed by atoms with Crippen LogP contribution in [-0.4, -0.2) is 33.2 Å². The standard InChI is InChI=1S/C17H27N3O/c1-4-13(2)14-11-18-20(12-14)15-5-8-17(9-6-15)10-7-16(21)19(17)3/h11-13,15H,4-10H2,1-3H3. The third-order valence-corrected chi connectivity index (χ3v) is 5.95. The van der Waals surface area contributed by atoms with E-state index < -0.39 is 0 Å². The van der Waals surface area contributed by atoms with Crippen LogP contribution in [-0.2, 0) is 4.79 Å². The highest BCUT2D eigenvalue weighted by Crippen LogP contribution is 2.44. The zero-order chi connectivity index (χ0) is 15.0. The molecule has 3 rings (SSSR count). The normalized spacial score (nSPS) is 31.1. The van der Waals surface area contributed by atoms with E-state index in [1.807, 2.05) is 18.1 Å². The van der Waals surface area contributed by atoms with E-state index >= 15 is 0 Å². The number of carbonyl (C=O) groups excluding carboxylic acids is 1. The van der Waals surface area contributed by atoms with Gasteiger partial charge in [-0.05, 0) is 50.0 Å². The summed E-state index contributed by atoms with van der Waals surface area (Å²) in [6.07, 6.45) is 11.7. The van der Waals surface area contributed by atoms with Crippen molar-refractivity contribution in [2.45, 2.75) is 76.3 Å². The van der Waals surface area contributed by atoms with Gasteiger partial charge in [0.05, 0.1) is 12.2 Å². The molecule has 1 aliphatic heterocycles. The summed E-state index contributed by atoms with van der Waals surface area (Å²) in [5, 5.41) is 4.59. The molecule has 1 saturated carbocycles. The van der Waals surface area contributed by atoms with Crippen molar-refractivity contribution in [3.8, 4) is 0 Å². The van der Waals surface area contributed by atoms with Crippen molar-refractivity contribution in [2.24, 2.45) is 0 Å². The molecule has 2 aliphatic rings. The van der Waals surface area contributed by atoms with Crippen LogP contribution in [0.4, 0.5) is 0 Å². The van der Waals surface area contributed by atoms with Crippen molar-refractivity contribution in [2.75, 3.05) is 7.05 Å². The van der Waals surface area contributed by atoms with Gasteiger partial charge >= 0.3 is 0 Å². The third-order valence-electron chi connectivity index (χ3n) is 5.95. The van der Waals surface area contributed by atoms with E-state index in [1.54, 1.807) is 0 Å². The summed E-state index contributed by atoms with van der Waals surface area (Å²) in [4.78, 5) is 13.8. The van der Waals surface area contributed by atoms with Gasteiger partial charge in [0.15, 0.2) is 0 Å². The smallest absolute Gasteiger partial charge is 0.222 e. The largest absolute Gasteiger partial charge is 0.340 e. The first-order valence-corrected chi connectivity index (χ1v) is 8.36. The van der Waals surface area contributed by atoms with Crippen molar-refractivity contribution in [3.05, 3.63) is 18.0 Å². The van der Waals surface area contributed by atoms with E-state index in [0.29, 0.717) is 17.9 Å². The van der Waals surface area contributed by atoms with E-state index in [9.17, 15) is 4.79 Å². The second kappa shape index (κ2) is 5.47. The van der Waals surface area contributed by atoms with Crippen LogP contribution in [0.1, 0.15) is 76.3 Å². The maximum absolute atomic E-state index is 11.8. The van der Waals surface area contributed by atoms with Gasteiger partial charge in [-0.25, -0.2) is 0 Å². The molecule has 0 aromatic carbocycles. The van der Waals surface area contributed by atoms with Crippen LogP contribution in [0.5, 0.6) is 0 Å². The average Bonchev–Trinajstić information content (AvgIpc) is 3.10. The van der Waals surface area contributed by atoms with E-state index in [0.717, 1.165) is 44.9 Å². The Bertz CT molecular complexity index is 514. The summed E-state index contributed by atoms with van der Waals surface area (Å²) < 4.78 is 2.17. The topological polar surface area (TPSA) is 38.1 Å². The van der Waals surface area contributed by atoms with E-state index in [2.05, 4.69) is 29.8 Å². The second-order valence-corrected chi connectivity index (χ2v) is 6.97. The Morgan fingerprint density at radius 2 is 2.10 bits per heavy atom. The van der Waals surface area contributed by atoms with Crippen molar-refractivity contribution >= 4 is 5.91 Å². The van der Waals surface area contributed by atoms with Gasteiger partial charge in [0.1, 0.15) is 0 Å². The number of aromatic nitrogens is 2. The molecule has 1 spiro atoms. The van der Waals surface area contributed by atoms with Crippen LogP contribution in [0.2, 0.25) is 0 Å². The predicted molar refractivity (Wildman–Crippen MR) is 83.2 cm³/mol. The molecule has 1 aliphatic carbocycles. The molecule has 2 heterocycles. The quantitative estimate of drug-likeness (QED) is 0.854. The van der Waals surface area contributed by atoms with Crippen molar-refractivity contribution < 1.29 is 4.79 Å². The maximum Gasteiger partial charge on any atom is 0.222 e. The fourth-order valence-electron chi connectivity index (χ4n) is 3.97. The first kappa shape index (κ1) is 14.6. The Kier molecular flexibility index (Phi) is 3.80. The Labute approximate surface area is 127 Å². The summed E-state index contributed by atoms with van der Waals surface area (Å²) >= 11 is 0. The van der Waals surface area contributed by atoms with Crippen LogP contribution in [0, 0.1) is 0 Å². The molecule has 1 atom stereocenters. The van der Waals surface area contributed by atoms with Gasteiger partial charge in [0.25, 0.3) is 0 Å². The number of nitrogens with zero attached hydrogens (tertiary/aromatic N) is 3. The lowest BCUT2D eigenvalue weighted by molar-refractivity contribution is -0.130. The summed E-state index contributed by atoms with van der Waals surface area (Å²) in [5.41, 5.74) is 1.51. The molecule has 4 nitrogen and oxygen atoms in total. The Morgan fingerprint density at radius 1 is 1.38 bits per heavy atom. The van der Waals surface area contributed by atoms with Crippen LogP contribution in [0.3, 0.4) is 0 Å². The Morgan fingerprint density at radius 3 is 2.67 bits per heavy atom. The van der Waals surface area contributed by atoms with Gasteiger partial charge in [-0.3, -0.25) is 9.48 Å². The molecule has 2 fully saturated rings. The number of rotatable bonds is 3. The van der Waals surface area contributed by atoms with Gasteiger partial charge in [-0.2, -0.15) is 5.10 Å². The third kappa shape index (κ3) is 2.49. The SMILES string of the molecule is CCC(C)c1cnn(C2CCC3(CCC(=O)N3C)CC2)c1. The molecular formula is C17H27N3O. The number of carbonyl (C=O) groups is 1. The van der Waals surface area contributed by atoms with Crippen LogP contribution in [0.25, 0.3) is 0 Å². The summed E-state index contributed by atoms with van der Waals surface area (Å²) in [6, 6.07) is 0.512. The van der Waals surface area contributed by atoms with Gasteiger partial charge in [-0.1, -0.05) is 13.8 Å². The zero-order valence-corrected chi connectivity index (χ0v) is 13.5. The molecule has 0 radical (unpaired) electrons. The minimum absolute atomic E-state index is 0.153. The minimum atomic E-state index is 0.153. The highest BCUT2D eigenvalue weighted by atomic mass is 16.2. The molecule has 1 amide bonds. The van der Waals surface area contributed by atoms with Crippen molar-refractivity contribution in [1.29, 1.82) is 0 Å². The lowest BCUT2D eigenvalue weighted by Crippen LogP contribution is -2.46. The first-order chi connectivity index (χ1) is 10.1. The molecule has 21 heavy (non-hydrogen) atoms. The number of hydrogen-bond donors (Lipinski definition) is 0. The number of hydrogen-bond acceptors (Lipinski definition) is 2. The Hall–Kier alpha value is -1.32. The van der Waals surface area contributed by atoms with E-state index in [1.165, 1.54) is 5.56 Å². The molecule has 0 bridgehead atoms. The van der Waals surface area contributed by atoms with E-state index in [4.69, 9.17) is 0 Å². The fraction of sp³-hybridized carbons (Fsp3) is 0.765. The van der Waals surface area contributed by atoms with Gasteiger partial charge < -0.3 is 4.90 Å². The monoisotopic (exact) mass is 289 g/mol. The molecule has 4 heteroatoms. The summed E-state index contributed by atoms with van der Waals surface area (Å²) in [5.74, 6) is 0.916. The van der Waals surface area contributed by atoms with Crippen LogP contribution in [0.15, 0.2) is 12.4 Å². The highest BCUT2D eigenvalue weighted by Gasteiger charge is 2.45. The zero-order valence-electron chi connectivity index (χ0n) is 13.5. The molecule has 1 unspecified atom stereocenters. The van der Waals surface area contributed by atoms with Crippen molar-refractivity contribution in [3.63, 3.8) is 0 Å². The Balaban J connectivity index is 1.66. The summed E-state index contributed by atoms with van der Waals surface area (Å²) in [7, 11) is 1.99. The van der Waals surface area contributed by atoms with Crippen LogP contribution >= 0.6 is 0 Å². The van der Waals surface area contributed by atoms with Gasteiger partial charge in [0, 0.05) is 25.2 Å². The minimum Gasteiger partial charge on any atom is -0.340 e. The van der Waals surface area contributed by atoms with Gasteiger partial charge in [0.2, 0.25) is 5.91 Å². The molecule has 1 saturated heterocycles. The fourth-order valence-corrected chi connectivity index (χ4v) is 3.97. The first-order valence-electron chi connectivity index (χ1n) is 8.36. The lowest BCUT2D eigenvalue weighted by Gasteiger charge is -2.42. The maximum atomic E-state index is 11.8. The number of likely N-dealkylation sites (tertiary alicyclic amines) is 1. The molecule has 1 aromatic heterocycles. The molecular weight excluding hydrogens is 262 g/mol. The summed E-state index contributed by atoms with van der Waals surface area (Å²) in [6.45, 7) is 4.48. The van der Waals surface area contributed by atoms with Crippen molar-refractivity contribution in [1.82, 2.24) is 14.7 Å². The predicted octanol–water partition coefficient (Wildman–Crippen LogP) is 3.50. The lowest BCUT2D eigenvalue weighted by atomic mass is 9.78. The molecule has 1 aromatic rings. The molecule has 0 N–H and O–H groups in total.